The predicted octanol–water partition coefficient (Wildman–Crippen LogP) is 11.6. The molecule has 0 atom stereocenters. The molecule has 0 saturated heterocycles. The normalized spacial score (nSPS) is 15.4. The Morgan fingerprint density at radius 3 is 2.02 bits per heavy atom. The van der Waals surface area contributed by atoms with Crippen molar-refractivity contribution in [2.75, 3.05) is 0 Å². The highest BCUT2D eigenvalue weighted by Crippen LogP contribution is 2.49. The summed E-state index contributed by atoms with van der Waals surface area (Å²) in [6, 6.07) is 45.9. The number of fused-ring (bicyclic) bond motifs is 7. The third-order valence-electron chi connectivity index (χ3n) is 10.6. The van der Waals surface area contributed by atoms with Crippen molar-refractivity contribution in [1.82, 2.24) is 14.5 Å². The van der Waals surface area contributed by atoms with Crippen molar-refractivity contribution in [3.05, 3.63) is 139 Å². The van der Waals surface area contributed by atoms with Crippen LogP contribution in [0.15, 0.2) is 127 Å². The second-order valence-electron chi connectivity index (χ2n) is 14.5. The zero-order chi connectivity index (χ0) is 31.9. The molecule has 0 N–H and O–H groups in total. The standard InChI is InChI=1S/C44H37N3/c1-43(2)23-24-44(3,4)36-27-39-34(26-35(36)43)40-32-18-9-8-13-28(32)21-22-38(40)47(39)31-17-12-16-30(25-31)42-45-37-20-11-10-19-33(37)41(46-42)29-14-6-5-7-15-29/h5-22,25-27H,23-24H2,1-4H3. The van der Waals surface area contributed by atoms with Crippen LogP contribution in [0.5, 0.6) is 0 Å². The minimum Gasteiger partial charge on any atom is -0.309 e. The van der Waals surface area contributed by atoms with E-state index in [0.717, 1.165) is 39.2 Å². The summed E-state index contributed by atoms with van der Waals surface area (Å²) in [5, 5.41) is 6.26. The van der Waals surface area contributed by atoms with Gasteiger partial charge >= 0.3 is 0 Å². The van der Waals surface area contributed by atoms with Gasteiger partial charge in [0.15, 0.2) is 5.82 Å². The van der Waals surface area contributed by atoms with E-state index in [1.807, 2.05) is 6.07 Å². The highest BCUT2D eigenvalue weighted by molar-refractivity contribution is 6.21. The Morgan fingerprint density at radius 1 is 0.532 bits per heavy atom. The molecule has 0 amide bonds. The van der Waals surface area contributed by atoms with Crippen LogP contribution in [0.2, 0.25) is 0 Å². The second-order valence-corrected chi connectivity index (χ2v) is 14.5. The van der Waals surface area contributed by atoms with Gasteiger partial charge in [0.25, 0.3) is 0 Å². The number of hydrogen-bond donors (Lipinski definition) is 0. The zero-order valence-corrected chi connectivity index (χ0v) is 27.4. The van der Waals surface area contributed by atoms with Gasteiger partial charge in [0.2, 0.25) is 0 Å². The van der Waals surface area contributed by atoms with Gasteiger partial charge in [0.05, 0.1) is 22.2 Å². The molecule has 0 spiro atoms. The quantitative estimate of drug-likeness (QED) is 0.200. The number of aromatic nitrogens is 3. The van der Waals surface area contributed by atoms with Gasteiger partial charge in [0.1, 0.15) is 0 Å². The molecule has 0 fully saturated rings. The van der Waals surface area contributed by atoms with Gasteiger partial charge in [-0.2, -0.15) is 0 Å². The summed E-state index contributed by atoms with van der Waals surface area (Å²) in [6.07, 6.45) is 2.37. The van der Waals surface area contributed by atoms with Crippen LogP contribution in [0.3, 0.4) is 0 Å². The fourth-order valence-electron chi connectivity index (χ4n) is 7.93. The van der Waals surface area contributed by atoms with E-state index in [-0.39, 0.29) is 10.8 Å². The molecule has 0 unspecified atom stereocenters. The fraction of sp³-hybridized carbons (Fsp3) is 0.182. The summed E-state index contributed by atoms with van der Waals surface area (Å²) in [5.41, 5.74) is 10.8. The Balaban J connectivity index is 1.33. The van der Waals surface area contributed by atoms with Crippen LogP contribution >= 0.6 is 0 Å². The number of rotatable bonds is 3. The highest BCUT2D eigenvalue weighted by atomic mass is 15.0. The van der Waals surface area contributed by atoms with Crippen LogP contribution in [-0.4, -0.2) is 14.5 Å². The lowest BCUT2D eigenvalue weighted by Crippen LogP contribution is -2.33. The maximum atomic E-state index is 5.20. The molecule has 2 heterocycles. The first-order chi connectivity index (χ1) is 22.8. The van der Waals surface area contributed by atoms with Crippen molar-refractivity contribution < 1.29 is 0 Å². The highest BCUT2D eigenvalue weighted by Gasteiger charge is 2.38. The molecule has 0 saturated carbocycles. The van der Waals surface area contributed by atoms with Gasteiger partial charge in [-0.3, -0.25) is 0 Å². The van der Waals surface area contributed by atoms with Crippen molar-refractivity contribution >= 4 is 43.5 Å². The zero-order valence-electron chi connectivity index (χ0n) is 27.4. The molecular formula is C44H37N3. The minimum atomic E-state index is 0.108. The maximum Gasteiger partial charge on any atom is 0.160 e. The fourth-order valence-corrected chi connectivity index (χ4v) is 7.93. The first kappa shape index (κ1) is 28.0. The molecule has 1 aliphatic carbocycles. The first-order valence-corrected chi connectivity index (χ1v) is 16.7. The molecule has 6 aromatic carbocycles. The van der Waals surface area contributed by atoms with Gasteiger partial charge < -0.3 is 4.57 Å². The van der Waals surface area contributed by atoms with Gasteiger partial charge in [0, 0.05) is 33.0 Å². The Hall–Kier alpha value is -5.28. The van der Waals surface area contributed by atoms with Crippen molar-refractivity contribution in [2.45, 2.75) is 51.4 Å². The Morgan fingerprint density at radius 2 is 1.21 bits per heavy atom. The summed E-state index contributed by atoms with van der Waals surface area (Å²) in [5.74, 6) is 0.732. The van der Waals surface area contributed by atoms with Gasteiger partial charge in [-0.25, -0.2) is 9.97 Å². The van der Waals surface area contributed by atoms with Crippen LogP contribution in [0, 0.1) is 0 Å². The molecule has 2 aromatic heterocycles. The summed E-state index contributed by atoms with van der Waals surface area (Å²) >= 11 is 0. The molecule has 8 aromatic rings. The molecule has 47 heavy (non-hydrogen) atoms. The Labute approximate surface area is 275 Å². The molecule has 228 valence electrons. The van der Waals surface area contributed by atoms with Crippen LogP contribution in [0.1, 0.15) is 51.7 Å². The second kappa shape index (κ2) is 10.1. The number of para-hydroxylation sites is 1. The third-order valence-corrected chi connectivity index (χ3v) is 10.6. The van der Waals surface area contributed by atoms with Crippen molar-refractivity contribution in [2.24, 2.45) is 0 Å². The molecule has 3 nitrogen and oxygen atoms in total. The Kier molecular flexibility index (Phi) is 6.02. The monoisotopic (exact) mass is 607 g/mol. The van der Waals surface area contributed by atoms with Gasteiger partial charge in [-0.05, 0) is 82.0 Å². The smallest absolute Gasteiger partial charge is 0.160 e. The van der Waals surface area contributed by atoms with E-state index in [9.17, 15) is 0 Å². The van der Waals surface area contributed by atoms with Gasteiger partial charge in [-0.15, -0.1) is 0 Å². The van der Waals surface area contributed by atoms with Crippen molar-refractivity contribution in [3.63, 3.8) is 0 Å². The first-order valence-electron chi connectivity index (χ1n) is 16.7. The van der Waals surface area contributed by atoms with Crippen LogP contribution in [-0.2, 0) is 10.8 Å². The lowest BCUT2D eigenvalue weighted by molar-refractivity contribution is 0.332. The maximum absolute atomic E-state index is 5.20. The van der Waals surface area contributed by atoms with E-state index in [1.165, 1.54) is 56.5 Å². The number of nitrogens with zero attached hydrogens (tertiary/aromatic N) is 3. The molecule has 0 aliphatic heterocycles. The minimum absolute atomic E-state index is 0.108. The number of hydrogen-bond acceptors (Lipinski definition) is 2. The van der Waals surface area contributed by atoms with Crippen LogP contribution in [0.4, 0.5) is 0 Å². The van der Waals surface area contributed by atoms with Crippen LogP contribution < -0.4 is 0 Å². The molecule has 9 rings (SSSR count). The van der Waals surface area contributed by atoms with E-state index < -0.39 is 0 Å². The molecule has 0 radical (unpaired) electrons. The van der Waals surface area contributed by atoms with E-state index in [1.54, 1.807) is 0 Å². The van der Waals surface area contributed by atoms with Crippen LogP contribution in [0.25, 0.3) is 71.8 Å². The number of benzene rings is 6. The average molecular weight is 608 g/mol. The van der Waals surface area contributed by atoms with Crippen molar-refractivity contribution in [1.29, 1.82) is 0 Å². The molecule has 0 bridgehead atoms. The van der Waals surface area contributed by atoms with Gasteiger partial charge in [-0.1, -0.05) is 119 Å². The lowest BCUT2D eigenvalue weighted by Gasteiger charge is -2.42. The molecule has 3 heteroatoms. The predicted molar refractivity (Wildman–Crippen MR) is 198 cm³/mol. The largest absolute Gasteiger partial charge is 0.309 e. The summed E-state index contributed by atoms with van der Waals surface area (Å²) in [4.78, 5) is 10.3. The topological polar surface area (TPSA) is 30.7 Å². The van der Waals surface area contributed by atoms with E-state index in [2.05, 4.69) is 154 Å². The molecule has 1 aliphatic rings. The van der Waals surface area contributed by atoms with Crippen molar-refractivity contribution in [3.8, 4) is 28.3 Å². The molecular weight excluding hydrogens is 571 g/mol. The van der Waals surface area contributed by atoms with E-state index >= 15 is 0 Å². The van der Waals surface area contributed by atoms with E-state index in [0.29, 0.717) is 0 Å². The lowest BCUT2D eigenvalue weighted by atomic mass is 9.63. The third kappa shape index (κ3) is 4.33. The van der Waals surface area contributed by atoms with E-state index in [4.69, 9.17) is 9.97 Å². The summed E-state index contributed by atoms with van der Waals surface area (Å²) in [7, 11) is 0. The average Bonchev–Trinajstić information content (AvgIpc) is 3.44. The Bertz CT molecular complexity index is 2520. The summed E-state index contributed by atoms with van der Waals surface area (Å²) < 4.78 is 2.47. The summed E-state index contributed by atoms with van der Waals surface area (Å²) in [6.45, 7) is 9.66. The SMILES string of the molecule is CC1(C)CCC(C)(C)c2cc3c(cc21)c1c2ccccc2ccc1n3-c1cccc(-c2nc(-c3ccccc3)c3ccccc3n2)c1.